The van der Waals surface area contributed by atoms with Crippen molar-refractivity contribution in [1.82, 2.24) is 5.32 Å². The average molecular weight is 225 g/mol. The number of hydrogen-bond donors (Lipinski definition) is 1. The Balaban J connectivity index is 1.75. The summed E-state index contributed by atoms with van der Waals surface area (Å²) in [5.41, 5.74) is 0. The lowest BCUT2D eigenvalue weighted by Crippen LogP contribution is -2.41. The minimum atomic E-state index is -0.162. The Hall–Kier alpha value is -0.570. The molecule has 1 saturated carbocycles. The molecule has 0 bridgehead atoms. The summed E-state index contributed by atoms with van der Waals surface area (Å²) in [6.45, 7) is 0.753. The summed E-state index contributed by atoms with van der Waals surface area (Å²) < 4.78 is 5.40. The van der Waals surface area contributed by atoms with Crippen LogP contribution in [-0.4, -0.2) is 24.7 Å². The number of carbonyl (C=O) groups is 1. The van der Waals surface area contributed by atoms with Crippen LogP contribution in [0.1, 0.15) is 57.8 Å². The van der Waals surface area contributed by atoms with Crippen LogP contribution in [0.4, 0.5) is 0 Å². The maximum absolute atomic E-state index is 11.9. The Morgan fingerprint density at radius 1 is 0.938 bits per heavy atom. The lowest BCUT2D eigenvalue weighted by atomic mass is 9.96. The monoisotopic (exact) mass is 225 g/mol. The topological polar surface area (TPSA) is 38.3 Å². The smallest absolute Gasteiger partial charge is 0.249 e. The number of rotatable bonds is 2. The fraction of sp³-hybridized carbons (Fsp3) is 0.923. The second-order valence-corrected chi connectivity index (χ2v) is 5.05. The summed E-state index contributed by atoms with van der Waals surface area (Å²) in [6.07, 6.45) is 10.6. The van der Waals surface area contributed by atoms with Crippen LogP contribution in [0.5, 0.6) is 0 Å². The lowest BCUT2D eigenvalue weighted by molar-refractivity contribution is -0.130. The molecule has 3 nitrogen and oxygen atoms in total. The van der Waals surface area contributed by atoms with Crippen molar-refractivity contribution in [3.63, 3.8) is 0 Å². The van der Waals surface area contributed by atoms with Gasteiger partial charge in [0.05, 0.1) is 0 Å². The summed E-state index contributed by atoms with van der Waals surface area (Å²) >= 11 is 0. The third-order valence-electron chi connectivity index (χ3n) is 3.67. The highest BCUT2D eigenvalue weighted by molar-refractivity contribution is 5.81. The zero-order chi connectivity index (χ0) is 11.2. The maximum atomic E-state index is 11.9. The van der Waals surface area contributed by atoms with Crippen molar-refractivity contribution < 1.29 is 9.53 Å². The van der Waals surface area contributed by atoms with Gasteiger partial charge in [0, 0.05) is 12.6 Å². The molecule has 1 aliphatic heterocycles. The van der Waals surface area contributed by atoms with Crippen LogP contribution in [0.3, 0.4) is 0 Å². The zero-order valence-electron chi connectivity index (χ0n) is 10.0. The molecule has 2 rings (SSSR count). The standard InChI is InChI=1S/C13H23NO2/c15-13(12-9-6-10-16-12)14-11-7-4-2-1-3-5-8-11/h11-12H,1-10H2,(H,14,15)/t12-/m0/s1. The first kappa shape index (κ1) is 11.9. The average Bonchev–Trinajstić information content (AvgIpc) is 2.74. The zero-order valence-corrected chi connectivity index (χ0v) is 10.0. The van der Waals surface area contributed by atoms with E-state index in [1.54, 1.807) is 0 Å². The van der Waals surface area contributed by atoms with E-state index in [0.717, 1.165) is 32.3 Å². The van der Waals surface area contributed by atoms with Gasteiger partial charge in [-0.25, -0.2) is 0 Å². The molecule has 1 N–H and O–H groups in total. The van der Waals surface area contributed by atoms with E-state index in [1.165, 1.54) is 32.1 Å². The molecule has 1 aliphatic carbocycles. The molecule has 0 aromatic rings. The minimum Gasteiger partial charge on any atom is -0.368 e. The van der Waals surface area contributed by atoms with Crippen LogP contribution in [0.15, 0.2) is 0 Å². The molecule has 1 amide bonds. The number of nitrogens with one attached hydrogen (secondary N) is 1. The van der Waals surface area contributed by atoms with Gasteiger partial charge < -0.3 is 10.1 Å². The quantitative estimate of drug-likeness (QED) is 0.783. The molecule has 92 valence electrons. The van der Waals surface area contributed by atoms with Gasteiger partial charge in [-0.1, -0.05) is 32.1 Å². The molecular formula is C13H23NO2. The van der Waals surface area contributed by atoms with Gasteiger partial charge in [0.25, 0.3) is 0 Å². The Labute approximate surface area is 97.9 Å². The van der Waals surface area contributed by atoms with Crippen LogP contribution in [-0.2, 0) is 9.53 Å². The fourth-order valence-corrected chi connectivity index (χ4v) is 2.68. The first-order valence-corrected chi connectivity index (χ1v) is 6.78. The molecule has 0 aromatic carbocycles. The number of ether oxygens (including phenoxy) is 1. The molecule has 3 heteroatoms. The van der Waals surface area contributed by atoms with E-state index in [0.29, 0.717) is 6.04 Å². The van der Waals surface area contributed by atoms with Gasteiger partial charge in [-0.05, 0) is 25.7 Å². The molecule has 1 atom stereocenters. The molecule has 0 spiro atoms. The van der Waals surface area contributed by atoms with Gasteiger partial charge in [-0.2, -0.15) is 0 Å². The van der Waals surface area contributed by atoms with Crippen LogP contribution in [0.2, 0.25) is 0 Å². The molecule has 0 aromatic heterocycles. The third kappa shape index (κ3) is 3.48. The first-order valence-electron chi connectivity index (χ1n) is 6.78. The van der Waals surface area contributed by atoms with Gasteiger partial charge in [0.15, 0.2) is 0 Å². The highest BCUT2D eigenvalue weighted by Gasteiger charge is 2.25. The Morgan fingerprint density at radius 3 is 2.25 bits per heavy atom. The number of hydrogen-bond acceptors (Lipinski definition) is 2. The van der Waals surface area contributed by atoms with E-state index in [1.807, 2.05) is 0 Å². The lowest BCUT2D eigenvalue weighted by Gasteiger charge is -2.22. The largest absolute Gasteiger partial charge is 0.368 e. The first-order chi connectivity index (χ1) is 7.86. The Morgan fingerprint density at radius 2 is 1.62 bits per heavy atom. The van der Waals surface area contributed by atoms with Gasteiger partial charge in [0.1, 0.15) is 6.10 Å². The second kappa shape index (κ2) is 6.24. The molecule has 16 heavy (non-hydrogen) atoms. The minimum absolute atomic E-state index is 0.128. The molecule has 2 aliphatic rings. The predicted octanol–water partition coefficient (Wildman–Crippen LogP) is 2.39. The van der Waals surface area contributed by atoms with E-state index in [4.69, 9.17) is 4.74 Å². The van der Waals surface area contributed by atoms with Gasteiger partial charge in [0.2, 0.25) is 5.91 Å². The van der Waals surface area contributed by atoms with Crippen molar-refractivity contribution in [3.05, 3.63) is 0 Å². The molecule has 1 heterocycles. The van der Waals surface area contributed by atoms with Crippen LogP contribution in [0, 0.1) is 0 Å². The highest BCUT2D eigenvalue weighted by atomic mass is 16.5. The summed E-state index contributed by atoms with van der Waals surface area (Å²) in [5, 5.41) is 3.16. The van der Waals surface area contributed by atoms with E-state index < -0.39 is 0 Å². The van der Waals surface area contributed by atoms with E-state index in [9.17, 15) is 4.79 Å². The van der Waals surface area contributed by atoms with Crippen LogP contribution >= 0.6 is 0 Å². The van der Waals surface area contributed by atoms with Crippen molar-refractivity contribution in [3.8, 4) is 0 Å². The predicted molar refractivity (Wildman–Crippen MR) is 63.2 cm³/mol. The van der Waals surface area contributed by atoms with Gasteiger partial charge >= 0.3 is 0 Å². The molecule has 2 fully saturated rings. The molecule has 1 saturated heterocycles. The SMILES string of the molecule is O=C(NC1CCCCCCC1)[C@@H]1CCCO1. The highest BCUT2D eigenvalue weighted by Crippen LogP contribution is 2.18. The van der Waals surface area contributed by atoms with Crippen molar-refractivity contribution in [2.45, 2.75) is 69.9 Å². The van der Waals surface area contributed by atoms with Gasteiger partial charge in [-0.3, -0.25) is 4.79 Å². The third-order valence-corrected chi connectivity index (χ3v) is 3.67. The summed E-state index contributed by atoms with van der Waals surface area (Å²) in [7, 11) is 0. The molecule has 0 radical (unpaired) electrons. The van der Waals surface area contributed by atoms with Crippen molar-refractivity contribution in [1.29, 1.82) is 0 Å². The van der Waals surface area contributed by atoms with Crippen LogP contribution in [0.25, 0.3) is 0 Å². The van der Waals surface area contributed by atoms with Crippen molar-refractivity contribution >= 4 is 5.91 Å². The summed E-state index contributed by atoms with van der Waals surface area (Å²) in [6, 6.07) is 0.400. The maximum Gasteiger partial charge on any atom is 0.249 e. The molecular weight excluding hydrogens is 202 g/mol. The van der Waals surface area contributed by atoms with E-state index in [-0.39, 0.29) is 12.0 Å². The fourth-order valence-electron chi connectivity index (χ4n) is 2.68. The number of amides is 1. The van der Waals surface area contributed by atoms with Crippen LogP contribution < -0.4 is 5.32 Å². The van der Waals surface area contributed by atoms with Gasteiger partial charge in [-0.15, -0.1) is 0 Å². The normalized spacial score (nSPS) is 28.4. The van der Waals surface area contributed by atoms with E-state index in [2.05, 4.69) is 5.32 Å². The molecule has 0 unspecified atom stereocenters. The van der Waals surface area contributed by atoms with E-state index >= 15 is 0 Å². The Kier molecular flexibility index (Phi) is 4.64. The van der Waals surface area contributed by atoms with Crippen molar-refractivity contribution in [2.24, 2.45) is 0 Å². The summed E-state index contributed by atoms with van der Waals surface area (Å²) in [4.78, 5) is 11.9. The number of carbonyl (C=O) groups excluding carboxylic acids is 1. The van der Waals surface area contributed by atoms with Crippen molar-refractivity contribution in [2.75, 3.05) is 6.61 Å². The Bertz CT molecular complexity index is 216. The second-order valence-electron chi connectivity index (χ2n) is 5.05. The summed E-state index contributed by atoms with van der Waals surface area (Å²) in [5.74, 6) is 0.128.